The van der Waals surface area contributed by atoms with Crippen molar-refractivity contribution in [3.8, 4) is 0 Å². The predicted molar refractivity (Wildman–Crippen MR) is 78.2 cm³/mol. The Morgan fingerprint density at radius 2 is 1.61 bits per heavy atom. The fourth-order valence-electron chi connectivity index (χ4n) is 2.88. The van der Waals surface area contributed by atoms with Crippen molar-refractivity contribution in [2.24, 2.45) is 5.92 Å². The van der Waals surface area contributed by atoms with E-state index in [4.69, 9.17) is 9.47 Å². The summed E-state index contributed by atoms with van der Waals surface area (Å²) in [6, 6.07) is 7.94. The molecule has 0 radical (unpaired) electrons. The molecule has 1 saturated heterocycles. The summed E-state index contributed by atoms with van der Waals surface area (Å²) in [7, 11) is 2.18. The molecule has 1 fully saturated rings. The molecule has 0 spiro atoms. The number of benzene rings is 1. The minimum atomic E-state index is -2.10. The van der Waals surface area contributed by atoms with E-state index in [-0.39, 0.29) is 12.0 Å². The maximum Gasteiger partial charge on any atom is 0.344 e. The average molecular weight is 319 g/mol. The standard InChI is InChI=1S/C16H17NO6/c1-10-9-12(18)17(13(19)11-7-5-4-6-8-11)16(10,14(20)22-2)15(21)23-3/h4-8,10H,9H2,1-3H3/t10-/m0/s1. The van der Waals surface area contributed by atoms with Gasteiger partial charge in [-0.15, -0.1) is 0 Å². The van der Waals surface area contributed by atoms with Crippen molar-refractivity contribution in [3.63, 3.8) is 0 Å². The smallest absolute Gasteiger partial charge is 0.344 e. The Morgan fingerprint density at radius 3 is 2.09 bits per heavy atom. The van der Waals surface area contributed by atoms with Crippen LogP contribution in [0.3, 0.4) is 0 Å². The number of rotatable bonds is 3. The van der Waals surface area contributed by atoms with Gasteiger partial charge in [0.1, 0.15) is 0 Å². The lowest BCUT2D eigenvalue weighted by Crippen LogP contribution is -2.63. The fraction of sp³-hybridized carbons (Fsp3) is 0.375. The summed E-state index contributed by atoms with van der Waals surface area (Å²) < 4.78 is 9.42. The molecule has 7 heteroatoms. The second kappa shape index (κ2) is 6.20. The fourth-order valence-corrected chi connectivity index (χ4v) is 2.88. The van der Waals surface area contributed by atoms with Crippen LogP contribution >= 0.6 is 0 Å². The SMILES string of the molecule is COC(=O)C1(C(=O)OC)[C@@H](C)CC(=O)N1C(=O)c1ccccc1. The van der Waals surface area contributed by atoms with E-state index in [0.717, 1.165) is 14.2 Å². The molecule has 1 aromatic rings. The van der Waals surface area contributed by atoms with Gasteiger partial charge < -0.3 is 9.47 Å². The quantitative estimate of drug-likeness (QED) is 0.464. The maximum atomic E-state index is 12.7. The van der Waals surface area contributed by atoms with E-state index in [2.05, 4.69) is 0 Å². The Bertz CT molecular complexity index is 638. The Labute approximate surface area is 133 Å². The van der Waals surface area contributed by atoms with E-state index in [1.807, 2.05) is 0 Å². The predicted octanol–water partition coefficient (Wildman–Crippen LogP) is 0.780. The Morgan fingerprint density at radius 1 is 1.09 bits per heavy atom. The van der Waals surface area contributed by atoms with Gasteiger partial charge in [-0.05, 0) is 12.1 Å². The van der Waals surface area contributed by atoms with Crippen molar-refractivity contribution in [1.82, 2.24) is 4.90 Å². The summed E-state index contributed by atoms with van der Waals surface area (Å²) in [5, 5.41) is 0. The Kier molecular flexibility index (Phi) is 4.49. The van der Waals surface area contributed by atoms with Gasteiger partial charge in [-0.25, -0.2) is 9.59 Å². The van der Waals surface area contributed by atoms with Crippen LogP contribution < -0.4 is 0 Å². The van der Waals surface area contributed by atoms with E-state index in [9.17, 15) is 19.2 Å². The number of carbonyl (C=O) groups is 4. The molecule has 0 aromatic heterocycles. The molecule has 1 aliphatic rings. The highest BCUT2D eigenvalue weighted by atomic mass is 16.5. The Balaban J connectivity index is 2.61. The number of hydrogen-bond acceptors (Lipinski definition) is 6. The Hall–Kier alpha value is -2.70. The summed E-state index contributed by atoms with van der Waals surface area (Å²) in [4.78, 5) is 50.5. The van der Waals surface area contributed by atoms with Crippen LogP contribution in [0.15, 0.2) is 30.3 Å². The third-order valence-electron chi connectivity index (χ3n) is 4.01. The van der Waals surface area contributed by atoms with Crippen LogP contribution in [0.4, 0.5) is 0 Å². The van der Waals surface area contributed by atoms with Gasteiger partial charge >= 0.3 is 11.9 Å². The number of nitrogens with zero attached hydrogens (tertiary/aromatic N) is 1. The average Bonchev–Trinajstić information content (AvgIpc) is 2.84. The molecule has 0 bridgehead atoms. The molecule has 1 heterocycles. The lowest BCUT2D eigenvalue weighted by atomic mass is 9.85. The minimum Gasteiger partial charge on any atom is -0.467 e. The number of amides is 2. The molecule has 0 saturated carbocycles. The van der Waals surface area contributed by atoms with Crippen LogP contribution in [0.1, 0.15) is 23.7 Å². The number of hydrogen-bond donors (Lipinski definition) is 0. The third kappa shape index (κ3) is 2.38. The molecule has 0 unspecified atom stereocenters. The van der Waals surface area contributed by atoms with Crippen LogP contribution in [0.2, 0.25) is 0 Å². The van der Waals surface area contributed by atoms with Crippen LogP contribution in [-0.4, -0.2) is 48.4 Å². The van der Waals surface area contributed by atoms with Gasteiger partial charge in [0.15, 0.2) is 0 Å². The highest BCUT2D eigenvalue weighted by Gasteiger charge is 2.65. The van der Waals surface area contributed by atoms with Crippen LogP contribution in [-0.2, 0) is 23.9 Å². The second-order valence-electron chi connectivity index (χ2n) is 5.26. The molecule has 2 rings (SSSR count). The van der Waals surface area contributed by atoms with Crippen molar-refractivity contribution >= 4 is 23.8 Å². The number of esters is 2. The monoisotopic (exact) mass is 319 g/mol. The summed E-state index contributed by atoms with van der Waals surface area (Å²) in [6.45, 7) is 1.53. The zero-order valence-corrected chi connectivity index (χ0v) is 13.1. The molecular formula is C16H17NO6. The van der Waals surface area contributed by atoms with Gasteiger partial charge in [-0.2, -0.15) is 0 Å². The molecule has 0 N–H and O–H groups in total. The topological polar surface area (TPSA) is 90.0 Å². The van der Waals surface area contributed by atoms with Gasteiger partial charge in [0.05, 0.1) is 14.2 Å². The van der Waals surface area contributed by atoms with Gasteiger partial charge in [0.2, 0.25) is 11.4 Å². The number of carbonyl (C=O) groups excluding carboxylic acids is 4. The first-order chi connectivity index (χ1) is 10.9. The van der Waals surface area contributed by atoms with Gasteiger partial charge in [0.25, 0.3) is 5.91 Å². The van der Waals surface area contributed by atoms with Crippen LogP contribution in [0, 0.1) is 5.92 Å². The van der Waals surface area contributed by atoms with Gasteiger partial charge in [-0.1, -0.05) is 25.1 Å². The number of methoxy groups -OCH3 is 2. The first-order valence-electron chi connectivity index (χ1n) is 7.00. The first-order valence-corrected chi connectivity index (χ1v) is 7.00. The molecule has 23 heavy (non-hydrogen) atoms. The molecule has 0 aliphatic carbocycles. The summed E-state index contributed by atoms with van der Waals surface area (Å²) in [5.41, 5.74) is -1.92. The molecule has 1 aromatic carbocycles. The van der Waals surface area contributed by atoms with E-state index in [1.165, 1.54) is 19.1 Å². The van der Waals surface area contributed by atoms with Crippen molar-refractivity contribution in [2.45, 2.75) is 18.9 Å². The molecule has 122 valence electrons. The highest BCUT2D eigenvalue weighted by Crippen LogP contribution is 2.39. The zero-order valence-electron chi connectivity index (χ0n) is 13.1. The van der Waals surface area contributed by atoms with Gasteiger partial charge in [0, 0.05) is 17.9 Å². The first kappa shape index (κ1) is 16.7. The van der Waals surface area contributed by atoms with E-state index in [0.29, 0.717) is 4.90 Å². The maximum absolute atomic E-state index is 12.7. The summed E-state index contributed by atoms with van der Waals surface area (Å²) >= 11 is 0. The third-order valence-corrected chi connectivity index (χ3v) is 4.01. The molecule has 7 nitrogen and oxygen atoms in total. The zero-order chi connectivity index (χ0) is 17.2. The number of imide groups is 1. The van der Waals surface area contributed by atoms with Crippen molar-refractivity contribution in [3.05, 3.63) is 35.9 Å². The number of likely N-dealkylation sites (tertiary alicyclic amines) is 1. The lowest BCUT2D eigenvalue weighted by molar-refractivity contribution is -0.172. The normalized spacial score (nSPS) is 19.3. The van der Waals surface area contributed by atoms with Crippen molar-refractivity contribution < 1.29 is 28.7 Å². The summed E-state index contributed by atoms with van der Waals surface area (Å²) in [5.74, 6) is -4.11. The molecule has 1 aliphatic heterocycles. The van der Waals surface area contributed by atoms with E-state index < -0.39 is 35.2 Å². The van der Waals surface area contributed by atoms with Crippen molar-refractivity contribution in [2.75, 3.05) is 14.2 Å². The largest absolute Gasteiger partial charge is 0.467 e. The van der Waals surface area contributed by atoms with E-state index >= 15 is 0 Å². The summed E-state index contributed by atoms with van der Waals surface area (Å²) in [6.07, 6.45) is -0.136. The minimum absolute atomic E-state index is 0.136. The lowest BCUT2D eigenvalue weighted by Gasteiger charge is -2.34. The molecule has 1 atom stereocenters. The van der Waals surface area contributed by atoms with E-state index in [1.54, 1.807) is 18.2 Å². The van der Waals surface area contributed by atoms with Crippen molar-refractivity contribution in [1.29, 1.82) is 0 Å². The second-order valence-corrected chi connectivity index (χ2v) is 5.26. The molecule has 2 amide bonds. The van der Waals surface area contributed by atoms with Crippen LogP contribution in [0.25, 0.3) is 0 Å². The van der Waals surface area contributed by atoms with Gasteiger partial charge in [-0.3, -0.25) is 14.5 Å². The highest BCUT2D eigenvalue weighted by molar-refractivity contribution is 6.18. The van der Waals surface area contributed by atoms with Crippen LogP contribution in [0.5, 0.6) is 0 Å². The molecular weight excluding hydrogens is 302 g/mol. The number of ether oxygens (including phenoxy) is 2.